The van der Waals surface area contributed by atoms with Crippen LogP contribution in [0.5, 0.6) is 0 Å². The number of ether oxygens (including phenoxy) is 1. The van der Waals surface area contributed by atoms with Crippen molar-refractivity contribution in [1.82, 2.24) is 0 Å². The molecule has 3 rings (SSSR count). The van der Waals surface area contributed by atoms with Crippen LogP contribution in [0.25, 0.3) is 0 Å². The summed E-state index contributed by atoms with van der Waals surface area (Å²) in [5.74, 6) is -2.13. The third-order valence-electron chi connectivity index (χ3n) is 4.23. The van der Waals surface area contributed by atoms with Crippen LogP contribution < -0.4 is 10.2 Å². The number of rotatable bonds is 5. The molecular formula is C19H14BrCl3N2O4. The monoisotopic (exact) mass is 518 g/mol. The number of hydrogen-bond acceptors (Lipinski definition) is 4. The molecule has 0 spiro atoms. The molecule has 1 atom stereocenters. The number of nitrogens with zero attached hydrogens (tertiary/aromatic N) is 1. The van der Waals surface area contributed by atoms with Crippen molar-refractivity contribution >= 4 is 79.9 Å². The second-order valence-electron chi connectivity index (χ2n) is 6.26. The van der Waals surface area contributed by atoms with Crippen LogP contribution in [0.3, 0.4) is 0 Å². The highest BCUT2D eigenvalue weighted by molar-refractivity contribution is 9.10. The van der Waals surface area contributed by atoms with E-state index in [9.17, 15) is 14.4 Å². The number of anilines is 2. The van der Waals surface area contributed by atoms with Crippen LogP contribution in [0.2, 0.25) is 15.1 Å². The molecule has 10 heteroatoms. The SMILES string of the molecule is O=C(COC(=O)[C@H]1CC(=O)N(c2cccc(Cl)c2Cl)C1)Nc1ccc(Br)c(Cl)c1. The minimum absolute atomic E-state index is 0.0361. The van der Waals surface area contributed by atoms with Crippen molar-refractivity contribution < 1.29 is 19.1 Å². The van der Waals surface area contributed by atoms with Crippen molar-refractivity contribution in [1.29, 1.82) is 0 Å². The lowest BCUT2D eigenvalue weighted by atomic mass is 10.1. The largest absolute Gasteiger partial charge is 0.455 e. The van der Waals surface area contributed by atoms with Crippen LogP contribution in [0.15, 0.2) is 40.9 Å². The molecule has 1 aliphatic rings. The van der Waals surface area contributed by atoms with E-state index in [-0.39, 0.29) is 23.9 Å². The van der Waals surface area contributed by atoms with Crippen LogP contribution in [-0.2, 0) is 19.1 Å². The van der Waals surface area contributed by atoms with Gasteiger partial charge in [0.15, 0.2) is 6.61 Å². The molecule has 1 fully saturated rings. The maximum atomic E-state index is 12.3. The van der Waals surface area contributed by atoms with Gasteiger partial charge in [0.1, 0.15) is 0 Å². The fraction of sp³-hybridized carbons (Fsp3) is 0.211. The predicted molar refractivity (Wildman–Crippen MR) is 116 cm³/mol. The summed E-state index contributed by atoms with van der Waals surface area (Å²) in [4.78, 5) is 38.0. The molecule has 1 aliphatic heterocycles. The van der Waals surface area contributed by atoms with Crippen LogP contribution in [0.4, 0.5) is 11.4 Å². The maximum Gasteiger partial charge on any atom is 0.311 e. The van der Waals surface area contributed by atoms with Crippen LogP contribution in [0, 0.1) is 5.92 Å². The predicted octanol–water partition coefficient (Wildman–Crippen LogP) is 4.94. The first-order valence-corrected chi connectivity index (χ1v) is 10.3. The second kappa shape index (κ2) is 9.34. The van der Waals surface area contributed by atoms with Crippen molar-refractivity contribution in [2.75, 3.05) is 23.4 Å². The van der Waals surface area contributed by atoms with E-state index in [4.69, 9.17) is 39.5 Å². The molecule has 1 heterocycles. The molecule has 0 saturated carbocycles. The van der Waals surface area contributed by atoms with Gasteiger partial charge in [0.2, 0.25) is 5.91 Å². The van der Waals surface area contributed by atoms with Gasteiger partial charge in [-0.3, -0.25) is 14.4 Å². The maximum absolute atomic E-state index is 12.3. The van der Waals surface area contributed by atoms with Gasteiger partial charge in [0.05, 0.1) is 26.7 Å². The zero-order valence-corrected chi connectivity index (χ0v) is 18.6. The molecule has 0 aliphatic carbocycles. The van der Waals surface area contributed by atoms with Crippen molar-refractivity contribution in [3.63, 3.8) is 0 Å². The Bertz CT molecular complexity index is 986. The van der Waals surface area contributed by atoms with Crippen molar-refractivity contribution in [2.24, 2.45) is 5.92 Å². The molecular weight excluding hydrogens is 506 g/mol. The Labute approximate surface area is 190 Å². The Balaban J connectivity index is 1.56. The number of halogens is 4. The molecule has 0 unspecified atom stereocenters. The highest BCUT2D eigenvalue weighted by atomic mass is 79.9. The third-order valence-corrected chi connectivity index (χ3v) is 6.27. The van der Waals surface area contributed by atoms with E-state index in [0.717, 1.165) is 0 Å². The summed E-state index contributed by atoms with van der Waals surface area (Å²) in [5.41, 5.74) is 0.904. The quantitative estimate of drug-likeness (QED) is 0.567. The number of benzene rings is 2. The zero-order valence-electron chi connectivity index (χ0n) is 14.8. The minimum Gasteiger partial charge on any atom is -0.455 e. The van der Waals surface area contributed by atoms with Gasteiger partial charge in [-0.1, -0.05) is 40.9 Å². The van der Waals surface area contributed by atoms with Crippen LogP contribution >= 0.6 is 50.7 Å². The summed E-state index contributed by atoms with van der Waals surface area (Å²) >= 11 is 21.4. The van der Waals surface area contributed by atoms with Crippen molar-refractivity contribution in [3.05, 3.63) is 55.9 Å². The molecule has 0 bridgehead atoms. The molecule has 6 nitrogen and oxygen atoms in total. The Kier molecular flexibility index (Phi) is 7.05. The molecule has 0 aromatic heterocycles. The first kappa shape index (κ1) is 21.9. The normalized spacial score (nSPS) is 16.1. The summed E-state index contributed by atoms with van der Waals surface area (Å²) < 4.78 is 5.76. The lowest BCUT2D eigenvalue weighted by molar-refractivity contribution is -0.151. The number of nitrogens with one attached hydrogen (secondary N) is 1. The van der Waals surface area contributed by atoms with Crippen molar-refractivity contribution in [3.8, 4) is 0 Å². The first-order valence-electron chi connectivity index (χ1n) is 8.42. The average Bonchev–Trinajstić information content (AvgIpc) is 3.06. The number of esters is 1. The van der Waals surface area contributed by atoms with Gasteiger partial charge in [0, 0.05) is 23.1 Å². The van der Waals surface area contributed by atoms with Gasteiger partial charge in [-0.25, -0.2) is 0 Å². The molecule has 2 amide bonds. The summed E-state index contributed by atoms with van der Waals surface area (Å²) in [5, 5.41) is 3.57. The summed E-state index contributed by atoms with van der Waals surface area (Å²) in [7, 11) is 0. The second-order valence-corrected chi connectivity index (χ2v) is 8.31. The summed E-state index contributed by atoms with van der Waals surface area (Å²) in [6, 6.07) is 9.82. The smallest absolute Gasteiger partial charge is 0.311 e. The Morgan fingerprint density at radius 2 is 1.93 bits per heavy atom. The van der Waals surface area contributed by atoms with Gasteiger partial charge in [0.25, 0.3) is 5.91 Å². The average molecular weight is 521 g/mol. The van der Waals surface area contributed by atoms with E-state index in [1.54, 1.807) is 36.4 Å². The van der Waals surface area contributed by atoms with Gasteiger partial charge < -0.3 is 15.0 Å². The molecule has 2 aromatic carbocycles. The molecule has 1 saturated heterocycles. The summed E-state index contributed by atoms with van der Waals surface area (Å²) in [6.07, 6.45) is -0.0361. The lowest BCUT2D eigenvalue weighted by Gasteiger charge is -2.18. The van der Waals surface area contributed by atoms with Crippen molar-refractivity contribution in [2.45, 2.75) is 6.42 Å². The molecule has 29 heavy (non-hydrogen) atoms. The Morgan fingerprint density at radius 3 is 2.66 bits per heavy atom. The van der Waals surface area contributed by atoms with Gasteiger partial charge in [-0.15, -0.1) is 0 Å². The summed E-state index contributed by atoms with van der Waals surface area (Å²) in [6.45, 7) is -0.378. The Morgan fingerprint density at radius 1 is 1.17 bits per heavy atom. The topological polar surface area (TPSA) is 75.7 Å². The molecule has 2 aromatic rings. The van der Waals surface area contributed by atoms with Gasteiger partial charge in [-0.05, 0) is 46.3 Å². The fourth-order valence-corrected chi connectivity index (χ4v) is 3.65. The third kappa shape index (κ3) is 5.22. The number of carbonyl (C=O) groups excluding carboxylic acids is 3. The van der Waals surface area contributed by atoms with E-state index in [0.29, 0.717) is 25.9 Å². The standard InChI is InChI=1S/C19H14BrCl3N2O4/c20-12-5-4-11(7-14(12)22)24-16(26)9-29-19(28)10-6-17(27)25(8-10)15-3-1-2-13(21)18(15)23/h1-5,7,10H,6,8-9H2,(H,24,26)/t10-/m0/s1. The number of hydrogen-bond donors (Lipinski definition) is 1. The molecule has 0 radical (unpaired) electrons. The van der Waals surface area contributed by atoms with E-state index < -0.39 is 24.4 Å². The van der Waals surface area contributed by atoms with E-state index in [1.165, 1.54) is 4.90 Å². The highest BCUT2D eigenvalue weighted by Gasteiger charge is 2.37. The number of amides is 2. The zero-order chi connectivity index (χ0) is 21.1. The first-order chi connectivity index (χ1) is 13.8. The van der Waals surface area contributed by atoms with Crippen LogP contribution in [-0.4, -0.2) is 30.9 Å². The minimum atomic E-state index is -0.701. The Hall–Kier alpha value is -1.80. The van der Waals surface area contributed by atoms with E-state index >= 15 is 0 Å². The molecule has 152 valence electrons. The molecule has 1 N–H and O–H groups in total. The van der Waals surface area contributed by atoms with Gasteiger partial charge >= 0.3 is 5.97 Å². The van der Waals surface area contributed by atoms with E-state index in [1.807, 2.05) is 0 Å². The highest BCUT2D eigenvalue weighted by Crippen LogP contribution is 2.36. The van der Waals surface area contributed by atoms with Gasteiger partial charge in [-0.2, -0.15) is 0 Å². The number of carbonyl (C=O) groups is 3. The van der Waals surface area contributed by atoms with Crippen LogP contribution in [0.1, 0.15) is 6.42 Å². The lowest BCUT2D eigenvalue weighted by Crippen LogP contribution is -2.28. The fourth-order valence-electron chi connectivity index (χ4n) is 2.82. The van der Waals surface area contributed by atoms with E-state index in [2.05, 4.69) is 21.2 Å².